The zero-order chi connectivity index (χ0) is 13.7. The van der Waals surface area contributed by atoms with E-state index < -0.39 is 0 Å². The van der Waals surface area contributed by atoms with Crippen molar-refractivity contribution in [3.63, 3.8) is 0 Å². The van der Waals surface area contributed by atoms with Crippen LogP contribution in [0.2, 0.25) is 0 Å². The molecule has 7 heteroatoms. The fourth-order valence-corrected chi connectivity index (χ4v) is 2.11. The molecule has 6 nitrogen and oxygen atoms in total. The molecule has 0 spiro atoms. The highest BCUT2D eigenvalue weighted by molar-refractivity contribution is 7.11. The second-order valence-electron chi connectivity index (χ2n) is 4.46. The molecular formula is C11H20N4O2S. The van der Waals surface area contributed by atoms with Crippen molar-refractivity contribution in [2.75, 3.05) is 17.6 Å². The summed E-state index contributed by atoms with van der Waals surface area (Å²) in [5.74, 6) is 0.00786. The van der Waals surface area contributed by atoms with Crippen LogP contribution >= 0.6 is 11.5 Å². The Balaban J connectivity index is 2.72. The van der Waals surface area contributed by atoms with Crippen LogP contribution < -0.4 is 16.4 Å². The van der Waals surface area contributed by atoms with E-state index >= 15 is 0 Å². The smallest absolute Gasteiger partial charge is 0.258 e. The lowest BCUT2D eigenvalue weighted by molar-refractivity contribution is 0.0945. The van der Waals surface area contributed by atoms with Crippen LogP contribution in [-0.2, 0) is 0 Å². The molecule has 0 aromatic carbocycles. The van der Waals surface area contributed by atoms with Gasteiger partial charge in [0.25, 0.3) is 5.91 Å². The Kier molecular flexibility index (Phi) is 5.36. The van der Waals surface area contributed by atoms with Crippen LogP contribution in [0, 0.1) is 0 Å². The summed E-state index contributed by atoms with van der Waals surface area (Å²) in [4.78, 5) is 11.9. The topological polar surface area (TPSA) is 100 Å². The normalized spacial score (nSPS) is 12.5. The number of nitrogens with zero attached hydrogens (tertiary/aromatic N) is 1. The van der Waals surface area contributed by atoms with Crippen LogP contribution in [0.25, 0.3) is 0 Å². The summed E-state index contributed by atoms with van der Waals surface area (Å²) in [6.07, 6.45) is 0.221. The number of amides is 1. The number of carbonyl (C=O) groups is 1. The van der Waals surface area contributed by atoms with E-state index in [1.165, 1.54) is 0 Å². The Morgan fingerprint density at radius 3 is 2.72 bits per heavy atom. The number of nitrogens with one attached hydrogen (secondary N) is 2. The summed E-state index contributed by atoms with van der Waals surface area (Å²) >= 11 is 1.15. The Hall–Kier alpha value is -1.34. The number of rotatable bonds is 6. The first kappa shape index (κ1) is 14.7. The van der Waals surface area contributed by atoms with E-state index in [0.29, 0.717) is 23.5 Å². The maximum absolute atomic E-state index is 11.9. The SMILES string of the molecule is CC(O)CCNc1snc(N)c1C(=O)NC(C)C. The van der Waals surface area contributed by atoms with Gasteiger partial charge in [-0.1, -0.05) is 0 Å². The zero-order valence-corrected chi connectivity index (χ0v) is 11.7. The number of nitrogens with two attached hydrogens (primary N) is 1. The molecule has 1 heterocycles. The molecule has 0 saturated heterocycles. The van der Waals surface area contributed by atoms with E-state index in [4.69, 9.17) is 5.73 Å². The minimum atomic E-state index is -0.379. The fraction of sp³-hybridized carbons (Fsp3) is 0.636. The van der Waals surface area contributed by atoms with Gasteiger partial charge in [-0.2, -0.15) is 4.37 Å². The second kappa shape index (κ2) is 6.55. The van der Waals surface area contributed by atoms with E-state index in [2.05, 4.69) is 15.0 Å². The fourth-order valence-electron chi connectivity index (χ4n) is 1.37. The van der Waals surface area contributed by atoms with Crippen molar-refractivity contribution < 1.29 is 9.90 Å². The Labute approximate surface area is 111 Å². The largest absolute Gasteiger partial charge is 0.393 e. The van der Waals surface area contributed by atoms with Gasteiger partial charge in [-0.15, -0.1) is 0 Å². The molecule has 1 atom stereocenters. The molecule has 0 bridgehead atoms. The van der Waals surface area contributed by atoms with E-state index in [1.54, 1.807) is 6.92 Å². The molecular weight excluding hydrogens is 252 g/mol. The van der Waals surface area contributed by atoms with Crippen molar-refractivity contribution in [1.29, 1.82) is 0 Å². The third kappa shape index (κ3) is 4.15. The molecule has 0 saturated carbocycles. The van der Waals surface area contributed by atoms with Crippen molar-refractivity contribution in [3.05, 3.63) is 5.56 Å². The first-order valence-corrected chi connectivity index (χ1v) is 6.67. The van der Waals surface area contributed by atoms with Crippen molar-refractivity contribution >= 4 is 28.3 Å². The highest BCUT2D eigenvalue weighted by atomic mass is 32.1. The van der Waals surface area contributed by atoms with E-state index in [-0.39, 0.29) is 23.9 Å². The molecule has 0 aliphatic rings. The summed E-state index contributed by atoms with van der Waals surface area (Å²) in [6.45, 7) is 6.05. The number of aromatic nitrogens is 1. The maximum Gasteiger partial charge on any atom is 0.258 e. The van der Waals surface area contributed by atoms with Gasteiger partial charge < -0.3 is 21.5 Å². The van der Waals surface area contributed by atoms with Gasteiger partial charge in [0, 0.05) is 12.6 Å². The lowest BCUT2D eigenvalue weighted by Crippen LogP contribution is -2.31. The minimum absolute atomic E-state index is 0.0436. The van der Waals surface area contributed by atoms with Crippen LogP contribution in [0.5, 0.6) is 0 Å². The van der Waals surface area contributed by atoms with Gasteiger partial charge in [0.2, 0.25) is 0 Å². The van der Waals surface area contributed by atoms with Gasteiger partial charge in [0.05, 0.1) is 6.10 Å². The Morgan fingerprint density at radius 1 is 1.50 bits per heavy atom. The van der Waals surface area contributed by atoms with Crippen LogP contribution in [0.1, 0.15) is 37.6 Å². The highest BCUT2D eigenvalue weighted by Crippen LogP contribution is 2.26. The molecule has 102 valence electrons. The maximum atomic E-state index is 11.9. The molecule has 0 fully saturated rings. The summed E-state index contributed by atoms with van der Waals surface area (Å²) < 4.78 is 3.98. The van der Waals surface area contributed by atoms with Crippen molar-refractivity contribution in [2.45, 2.75) is 39.3 Å². The predicted octanol–water partition coefficient (Wildman–Crippen LogP) is 1.05. The summed E-state index contributed by atoms with van der Waals surface area (Å²) in [5.41, 5.74) is 6.09. The summed E-state index contributed by atoms with van der Waals surface area (Å²) in [5, 5.41) is 15.7. The molecule has 0 aliphatic carbocycles. The average molecular weight is 272 g/mol. The van der Waals surface area contributed by atoms with Gasteiger partial charge >= 0.3 is 0 Å². The number of anilines is 2. The highest BCUT2D eigenvalue weighted by Gasteiger charge is 2.19. The van der Waals surface area contributed by atoms with Crippen molar-refractivity contribution in [1.82, 2.24) is 9.69 Å². The van der Waals surface area contributed by atoms with Crippen LogP contribution in [0.4, 0.5) is 10.8 Å². The number of aliphatic hydroxyl groups excluding tert-OH is 1. The molecule has 1 aromatic rings. The van der Waals surface area contributed by atoms with Gasteiger partial charge in [-0.3, -0.25) is 4.79 Å². The monoisotopic (exact) mass is 272 g/mol. The van der Waals surface area contributed by atoms with Crippen molar-refractivity contribution in [2.24, 2.45) is 0 Å². The molecule has 1 amide bonds. The van der Waals surface area contributed by atoms with Crippen LogP contribution in [0.3, 0.4) is 0 Å². The van der Waals surface area contributed by atoms with E-state index in [9.17, 15) is 9.90 Å². The van der Waals surface area contributed by atoms with Crippen LogP contribution in [0.15, 0.2) is 0 Å². The number of aliphatic hydroxyl groups is 1. The molecule has 0 aliphatic heterocycles. The second-order valence-corrected chi connectivity index (χ2v) is 5.24. The first-order chi connectivity index (χ1) is 8.41. The van der Waals surface area contributed by atoms with E-state index in [1.807, 2.05) is 13.8 Å². The van der Waals surface area contributed by atoms with Gasteiger partial charge in [-0.25, -0.2) is 0 Å². The third-order valence-corrected chi connectivity index (χ3v) is 3.03. The lowest BCUT2D eigenvalue weighted by Gasteiger charge is -2.10. The number of hydrogen-bond acceptors (Lipinski definition) is 6. The lowest BCUT2D eigenvalue weighted by atomic mass is 10.2. The van der Waals surface area contributed by atoms with Gasteiger partial charge in [0.15, 0.2) is 5.82 Å². The van der Waals surface area contributed by atoms with Crippen LogP contribution in [-0.4, -0.2) is 34.1 Å². The standard InChI is InChI=1S/C11H20N4O2S/c1-6(2)14-10(17)8-9(12)15-18-11(8)13-5-4-7(3)16/h6-7,13,16H,4-5H2,1-3H3,(H2,12,15)(H,14,17). The zero-order valence-electron chi connectivity index (χ0n) is 10.9. The molecule has 1 rings (SSSR count). The van der Waals surface area contributed by atoms with Gasteiger partial charge in [0.1, 0.15) is 10.6 Å². The molecule has 1 aromatic heterocycles. The quantitative estimate of drug-likeness (QED) is 0.620. The first-order valence-electron chi connectivity index (χ1n) is 5.89. The Morgan fingerprint density at radius 2 is 2.17 bits per heavy atom. The average Bonchev–Trinajstić information content (AvgIpc) is 2.58. The number of nitrogen functional groups attached to an aromatic ring is 1. The summed E-state index contributed by atoms with van der Waals surface area (Å²) in [6, 6.07) is 0.0436. The molecule has 0 radical (unpaired) electrons. The van der Waals surface area contributed by atoms with Crippen molar-refractivity contribution in [3.8, 4) is 0 Å². The number of carbonyl (C=O) groups excluding carboxylic acids is 1. The van der Waals surface area contributed by atoms with Gasteiger partial charge in [-0.05, 0) is 38.7 Å². The van der Waals surface area contributed by atoms with E-state index in [0.717, 1.165) is 11.5 Å². The Bertz CT molecular complexity index is 404. The summed E-state index contributed by atoms with van der Waals surface area (Å²) in [7, 11) is 0. The third-order valence-electron chi connectivity index (χ3n) is 2.21. The molecule has 1 unspecified atom stereocenters. The molecule has 5 N–H and O–H groups in total. The minimum Gasteiger partial charge on any atom is -0.393 e. The number of hydrogen-bond donors (Lipinski definition) is 4. The molecule has 18 heavy (non-hydrogen) atoms. The predicted molar refractivity (Wildman–Crippen MR) is 73.9 cm³/mol.